The van der Waals surface area contributed by atoms with Gasteiger partial charge in [-0.3, -0.25) is 9.59 Å². The van der Waals surface area contributed by atoms with Gasteiger partial charge in [0.05, 0.1) is 5.56 Å². The van der Waals surface area contributed by atoms with E-state index in [0.717, 1.165) is 0 Å². The molecule has 0 aromatic carbocycles. The molecular weight excluding hydrogens is 178 g/mol. The quantitative estimate of drug-likeness (QED) is 0.582. The summed E-state index contributed by atoms with van der Waals surface area (Å²) in [5.74, 6) is -0.994. The average molecular weight is 189 g/mol. The largest absolute Gasteiger partial charge is 0.360 e. The summed E-state index contributed by atoms with van der Waals surface area (Å²) in [7, 11) is 0. The molecule has 0 saturated heterocycles. The second-order valence-electron chi connectivity index (χ2n) is 2.82. The Morgan fingerprint density at radius 2 is 2.00 bits per heavy atom. The van der Waals surface area contributed by atoms with Crippen LogP contribution >= 0.6 is 0 Å². The van der Waals surface area contributed by atoms with Gasteiger partial charge in [0.1, 0.15) is 0 Å². The number of carbonyl (C=O) groups is 2. The summed E-state index contributed by atoms with van der Waals surface area (Å²) in [6, 6.07) is 0. The van der Waals surface area contributed by atoms with Gasteiger partial charge in [0, 0.05) is 24.4 Å². The summed E-state index contributed by atoms with van der Waals surface area (Å²) in [5.41, 5.74) is 1.67. The van der Waals surface area contributed by atoms with E-state index >= 15 is 0 Å². The summed E-state index contributed by atoms with van der Waals surface area (Å²) in [5, 5.41) is 0. The van der Waals surface area contributed by atoms with E-state index in [1.54, 1.807) is 6.08 Å². The Bertz CT molecular complexity index is 413. The smallest absolute Gasteiger partial charge is 0.230 e. The fourth-order valence-electron chi connectivity index (χ4n) is 1.22. The molecule has 14 heavy (non-hydrogen) atoms. The highest BCUT2D eigenvalue weighted by atomic mass is 16.2. The molecule has 0 aliphatic carbocycles. The van der Waals surface area contributed by atoms with Gasteiger partial charge >= 0.3 is 0 Å². The Balaban J connectivity index is 3.28. The van der Waals surface area contributed by atoms with Crippen molar-refractivity contribution in [2.24, 2.45) is 0 Å². The van der Waals surface area contributed by atoms with Gasteiger partial charge in [0.25, 0.3) is 0 Å². The number of hydrogen-bond acceptors (Lipinski definition) is 2. The molecule has 0 saturated carbocycles. The number of hydrogen-bond donors (Lipinski definition) is 1. The maximum Gasteiger partial charge on any atom is 0.230 e. The van der Waals surface area contributed by atoms with Crippen LogP contribution in [0.15, 0.2) is 19.4 Å². The van der Waals surface area contributed by atoms with Crippen LogP contribution in [0.4, 0.5) is 0 Å². The van der Waals surface area contributed by atoms with E-state index in [9.17, 15) is 9.59 Å². The highest BCUT2D eigenvalue weighted by Crippen LogP contribution is 2.17. The first-order valence-corrected chi connectivity index (χ1v) is 4.13. The Morgan fingerprint density at radius 3 is 2.43 bits per heavy atom. The van der Waals surface area contributed by atoms with Crippen molar-refractivity contribution in [2.45, 2.75) is 6.92 Å². The molecule has 1 rings (SSSR count). The lowest BCUT2D eigenvalue weighted by molar-refractivity contribution is -0.113. The van der Waals surface area contributed by atoms with Crippen molar-refractivity contribution >= 4 is 23.7 Å². The van der Waals surface area contributed by atoms with E-state index in [1.165, 1.54) is 19.2 Å². The lowest BCUT2D eigenvalue weighted by Gasteiger charge is -1.95. The topological polar surface area (TPSA) is 49.9 Å². The Labute approximate surface area is 82.1 Å². The fraction of sp³-hybridized carbons (Fsp3) is 0.0909. The zero-order valence-corrected chi connectivity index (χ0v) is 7.96. The van der Waals surface area contributed by atoms with Crippen LogP contribution in [0, 0.1) is 0 Å². The highest BCUT2D eigenvalue weighted by molar-refractivity contribution is 6.43. The van der Waals surface area contributed by atoms with Gasteiger partial charge in [0.15, 0.2) is 5.78 Å². The number of aromatic nitrogens is 1. The molecule has 0 aliphatic rings. The zero-order valence-electron chi connectivity index (χ0n) is 7.96. The van der Waals surface area contributed by atoms with E-state index in [1.807, 2.05) is 0 Å². The van der Waals surface area contributed by atoms with E-state index in [2.05, 4.69) is 18.1 Å². The molecule has 0 atom stereocenters. The van der Waals surface area contributed by atoms with Gasteiger partial charge in [-0.2, -0.15) is 0 Å². The SMILES string of the molecule is C=Cc1[nH]cc(C(=O)C(C)=O)c1C=C. The summed E-state index contributed by atoms with van der Waals surface area (Å²) in [6.45, 7) is 8.41. The molecule has 3 heteroatoms. The van der Waals surface area contributed by atoms with Crippen LogP contribution in [0.1, 0.15) is 28.5 Å². The van der Waals surface area contributed by atoms with Crippen molar-refractivity contribution in [3.8, 4) is 0 Å². The summed E-state index contributed by atoms with van der Waals surface area (Å²) >= 11 is 0. The van der Waals surface area contributed by atoms with Crippen molar-refractivity contribution < 1.29 is 9.59 Å². The van der Waals surface area contributed by atoms with Crippen LogP contribution in [0.5, 0.6) is 0 Å². The molecule has 0 spiro atoms. The van der Waals surface area contributed by atoms with Crippen molar-refractivity contribution in [1.82, 2.24) is 4.98 Å². The number of H-pyrrole nitrogens is 1. The minimum Gasteiger partial charge on any atom is -0.360 e. The van der Waals surface area contributed by atoms with Crippen molar-refractivity contribution in [2.75, 3.05) is 0 Å². The predicted molar refractivity (Wildman–Crippen MR) is 56.0 cm³/mol. The van der Waals surface area contributed by atoms with Gasteiger partial charge < -0.3 is 4.98 Å². The lowest BCUT2D eigenvalue weighted by Crippen LogP contribution is -2.09. The van der Waals surface area contributed by atoms with Crippen LogP contribution in [0.25, 0.3) is 12.2 Å². The zero-order chi connectivity index (χ0) is 10.7. The van der Waals surface area contributed by atoms with Gasteiger partial charge in [-0.15, -0.1) is 0 Å². The molecule has 1 heterocycles. The normalized spacial score (nSPS) is 9.50. The number of aromatic amines is 1. The van der Waals surface area contributed by atoms with Crippen molar-refractivity contribution in [1.29, 1.82) is 0 Å². The first kappa shape index (κ1) is 10.2. The number of nitrogens with one attached hydrogen (secondary N) is 1. The van der Waals surface area contributed by atoms with Crippen molar-refractivity contribution in [3.05, 3.63) is 36.2 Å². The van der Waals surface area contributed by atoms with Gasteiger partial charge in [-0.1, -0.05) is 19.2 Å². The number of carbonyl (C=O) groups excluding carboxylic acids is 2. The second kappa shape index (κ2) is 3.87. The van der Waals surface area contributed by atoms with Gasteiger partial charge in [-0.25, -0.2) is 0 Å². The monoisotopic (exact) mass is 189 g/mol. The molecule has 0 unspecified atom stereocenters. The highest BCUT2D eigenvalue weighted by Gasteiger charge is 2.17. The summed E-state index contributed by atoms with van der Waals surface area (Å²) in [4.78, 5) is 25.1. The fourth-order valence-corrected chi connectivity index (χ4v) is 1.22. The molecule has 0 aliphatic heterocycles. The Hall–Kier alpha value is -1.90. The number of Topliss-reactive ketones (excluding diaryl/α,β-unsaturated/α-hetero) is 2. The molecule has 1 N–H and O–H groups in total. The first-order valence-electron chi connectivity index (χ1n) is 4.13. The lowest BCUT2D eigenvalue weighted by atomic mass is 10.0. The summed E-state index contributed by atoms with van der Waals surface area (Å²) < 4.78 is 0. The third-order valence-corrected chi connectivity index (χ3v) is 1.92. The average Bonchev–Trinajstić information content (AvgIpc) is 2.58. The third kappa shape index (κ3) is 1.57. The minimum atomic E-state index is -0.510. The van der Waals surface area contributed by atoms with Crippen LogP contribution < -0.4 is 0 Å². The molecule has 0 fully saturated rings. The van der Waals surface area contributed by atoms with Gasteiger partial charge in [-0.05, 0) is 6.08 Å². The molecule has 72 valence electrons. The molecule has 0 radical (unpaired) electrons. The van der Waals surface area contributed by atoms with E-state index < -0.39 is 11.6 Å². The molecule has 1 aromatic heterocycles. The van der Waals surface area contributed by atoms with Crippen LogP contribution in [0.2, 0.25) is 0 Å². The first-order chi connectivity index (χ1) is 6.61. The maximum absolute atomic E-state index is 11.4. The molecule has 3 nitrogen and oxygen atoms in total. The Kier molecular flexibility index (Phi) is 2.82. The van der Waals surface area contributed by atoms with E-state index in [-0.39, 0.29) is 0 Å². The molecule has 0 amide bonds. The minimum absolute atomic E-state index is 0.349. The second-order valence-corrected chi connectivity index (χ2v) is 2.82. The number of rotatable bonds is 4. The van der Waals surface area contributed by atoms with Crippen LogP contribution in [-0.4, -0.2) is 16.6 Å². The molecule has 0 bridgehead atoms. The van der Waals surface area contributed by atoms with Crippen LogP contribution in [0.3, 0.4) is 0 Å². The number of ketones is 2. The van der Waals surface area contributed by atoms with E-state index in [4.69, 9.17) is 0 Å². The Morgan fingerprint density at radius 1 is 1.36 bits per heavy atom. The van der Waals surface area contributed by atoms with Crippen LogP contribution in [-0.2, 0) is 4.79 Å². The van der Waals surface area contributed by atoms with E-state index in [0.29, 0.717) is 16.8 Å². The van der Waals surface area contributed by atoms with Gasteiger partial charge in [0.2, 0.25) is 5.78 Å². The van der Waals surface area contributed by atoms with Crippen molar-refractivity contribution in [3.63, 3.8) is 0 Å². The summed E-state index contributed by atoms with van der Waals surface area (Å²) in [6.07, 6.45) is 4.61. The maximum atomic E-state index is 11.4. The standard InChI is InChI=1S/C11H11NO2/c1-4-8-9(11(14)7(3)13)6-12-10(8)5-2/h4-6,12H,1-2H2,3H3. The molecular formula is C11H11NO2. The third-order valence-electron chi connectivity index (χ3n) is 1.92. The molecule has 1 aromatic rings. The predicted octanol–water partition coefficient (Wildman–Crippen LogP) is 2.07.